The lowest BCUT2D eigenvalue weighted by molar-refractivity contribution is -0.145. The zero-order valence-corrected chi connectivity index (χ0v) is 35.5. The fourth-order valence-corrected chi connectivity index (χ4v) is 8.37. The summed E-state index contributed by atoms with van der Waals surface area (Å²) in [6.45, 7) is 4.63. The largest absolute Gasteiger partial charge is 0.478 e. The number of pyridine rings is 1. The molecular formula is C43H61N7O11. The molecule has 2 heterocycles. The Bertz CT molecular complexity index is 1830. The molecule has 0 bridgehead atoms. The van der Waals surface area contributed by atoms with Crippen molar-refractivity contribution >= 4 is 53.2 Å². The standard InChI is InChI=1S/C43H61N7O11/c1-43(2,3)36(49-38(55)30(17-11-12-18-33(53)61-4)46-32(52)20-25-19-28(42(59)60)23-45-22-25)41(58)50-24-29(51)21-31(50)39(56)48-35(27-15-9-6-10-16-27)40(57)47-34(37(44)54)26-13-7-5-8-14-26/h12,18-19,22-23,26-27,30-31,34-36H,5-11,13-17,20-21,24H2,1-4H3,(H2,44,54)(H,46,52)(H,47,57)(H,48,56)(H,49,55)(H,59,60)/b18-12+/t30-,31-,34-,35-,36+/m0/s1. The number of esters is 1. The van der Waals surface area contributed by atoms with E-state index < -0.39 is 95.3 Å². The first-order valence-corrected chi connectivity index (χ1v) is 21.1. The SMILES string of the molecule is COC(=O)/C=C/CC[C@H](NC(=O)Cc1cncc(C(=O)O)c1)C(=O)N[C@H](C(=O)N1CC(=O)C[C@H]1C(=O)N[C@H](C(=O)N[C@H](C(N)=O)C1CCCCC1)C1CCCCC1)C(C)(C)C. The molecule has 5 atom stereocenters. The first-order valence-electron chi connectivity index (χ1n) is 21.1. The summed E-state index contributed by atoms with van der Waals surface area (Å²) in [5.74, 6) is -6.72. The third kappa shape index (κ3) is 13.9. The molecule has 4 rings (SSSR count). The summed E-state index contributed by atoms with van der Waals surface area (Å²) >= 11 is 0. The highest BCUT2D eigenvalue weighted by molar-refractivity contribution is 6.02. The third-order valence-corrected chi connectivity index (χ3v) is 11.7. The molecule has 18 heteroatoms. The number of likely N-dealkylation sites (tertiary alicyclic amines) is 1. The summed E-state index contributed by atoms with van der Waals surface area (Å²) < 4.78 is 4.62. The van der Waals surface area contributed by atoms with E-state index in [0.717, 1.165) is 68.5 Å². The lowest BCUT2D eigenvalue weighted by atomic mass is 9.81. The summed E-state index contributed by atoms with van der Waals surface area (Å²) in [6.07, 6.45) is 12.8. The predicted octanol–water partition coefficient (Wildman–Crippen LogP) is 1.63. The van der Waals surface area contributed by atoms with Crippen LogP contribution in [0.1, 0.15) is 120 Å². The van der Waals surface area contributed by atoms with Crippen LogP contribution in [0.5, 0.6) is 0 Å². The maximum absolute atomic E-state index is 14.5. The molecule has 2 saturated carbocycles. The molecule has 0 spiro atoms. The highest BCUT2D eigenvalue weighted by Crippen LogP contribution is 2.30. The van der Waals surface area contributed by atoms with Gasteiger partial charge in [0, 0.05) is 24.9 Å². The van der Waals surface area contributed by atoms with Crippen molar-refractivity contribution in [3.05, 3.63) is 41.7 Å². The number of carboxylic acid groups (broad SMARTS) is 1. The number of nitrogens with two attached hydrogens (primary N) is 1. The van der Waals surface area contributed by atoms with E-state index in [1.165, 1.54) is 25.4 Å². The minimum atomic E-state index is -1.31. The van der Waals surface area contributed by atoms with Crippen molar-refractivity contribution in [2.24, 2.45) is 23.0 Å². The average Bonchev–Trinajstić information content (AvgIpc) is 3.63. The lowest BCUT2D eigenvalue weighted by Gasteiger charge is -2.37. The van der Waals surface area contributed by atoms with Crippen LogP contribution >= 0.6 is 0 Å². The molecule has 1 aliphatic heterocycles. The molecule has 6 amide bonds. The lowest BCUT2D eigenvalue weighted by Crippen LogP contribution is -2.62. The maximum atomic E-state index is 14.5. The van der Waals surface area contributed by atoms with Gasteiger partial charge in [-0.1, -0.05) is 65.4 Å². The number of hydrogen-bond donors (Lipinski definition) is 6. The highest BCUT2D eigenvalue weighted by Gasteiger charge is 2.46. The van der Waals surface area contributed by atoms with Gasteiger partial charge in [0.1, 0.15) is 30.2 Å². The Kier molecular flexibility index (Phi) is 17.5. The summed E-state index contributed by atoms with van der Waals surface area (Å²) in [7, 11) is 1.20. The fraction of sp³-hybridized carbons (Fsp3) is 0.628. The van der Waals surface area contributed by atoms with Crippen molar-refractivity contribution in [3.8, 4) is 0 Å². The van der Waals surface area contributed by atoms with Crippen LogP contribution in [0.25, 0.3) is 0 Å². The number of aromatic carboxylic acids is 1. The Morgan fingerprint density at radius 2 is 1.51 bits per heavy atom. The number of primary amides is 1. The van der Waals surface area contributed by atoms with Gasteiger partial charge in [-0.05, 0) is 67.4 Å². The number of nitrogens with zero attached hydrogens (tertiary/aromatic N) is 2. The van der Waals surface area contributed by atoms with Gasteiger partial charge in [0.15, 0.2) is 5.78 Å². The number of carbonyl (C=O) groups is 9. The number of carboxylic acids is 1. The molecule has 0 unspecified atom stereocenters. The number of carbonyl (C=O) groups excluding carboxylic acids is 8. The number of allylic oxidation sites excluding steroid dienone is 1. The van der Waals surface area contributed by atoms with Crippen LogP contribution in [0.2, 0.25) is 0 Å². The second kappa shape index (κ2) is 22.2. The van der Waals surface area contributed by atoms with E-state index in [1.807, 2.05) is 0 Å². The number of ketones is 1. The van der Waals surface area contributed by atoms with Gasteiger partial charge in [0.25, 0.3) is 0 Å². The third-order valence-electron chi connectivity index (χ3n) is 11.7. The monoisotopic (exact) mass is 851 g/mol. The minimum Gasteiger partial charge on any atom is -0.478 e. The van der Waals surface area contributed by atoms with Gasteiger partial charge in [-0.2, -0.15) is 0 Å². The summed E-state index contributed by atoms with van der Waals surface area (Å²) in [5, 5.41) is 20.4. The number of hydrogen-bond acceptors (Lipinski definition) is 11. The van der Waals surface area contributed by atoms with Crippen molar-refractivity contribution in [2.75, 3.05) is 13.7 Å². The van der Waals surface area contributed by atoms with Gasteiger partial charge in [0.2, 0.25) is 35.4 Å². The van der Waals surface area contributed by atoms with Gasteiger partial charge in [-0.3, -0.25) is 38.5 Å². The zero-order chi connectivity index (χ0) is 44.9. The topological polar surface area (TPSA) is 273 Å². The van der Waals surface area contributed by atoms with Crippen molar-refractivity contribution in [2.45, 2.75) is 141 Å². The number of aromatic nitrogens is 1. The number of rotatable bonds is 18. The molecule has 3 fully saturated rings. The van der Waals surface area contributed by atoms with E-state index >= 15 is 0 Å². The van der Waals surface area contributed by atoms with Crippen molar-refractivity contribution in [3.63, 3.8) is 0 Å². The predicted molar refractivity (Wildman–Crippen MR) is 220 cm³/mol. The van der Waals surface area contributed by atoms with Gasteiger partial charge >= 0.3 is 11.9 Å². The fourth-order valence-electron chi connectivity index (χ4n) is 8.37. The number of methoxy groups -OCH3 is 1. The van der Waals surface area contributed by atoms with E-state index in [2.05, 4.69) is 31.0 Å². The van der Waals surface area contributed by atoms with Gasteiger partial charge < -0.3 is 41.7 Å². The first kappa shape index (κ1) is 48.0. The van der Waals surface area contributed by atoms with Gasteiger partial charge in [-0.15, -0.1) is 0 Å². The summed E-state index contributed by atoms with van der Waals surface area (Å²) in [4.78, 5) is 124. The van der Waals surface area contributed by atoms with Crippen LogP contribution < -0.4 is 27.0 Å². The van der Waals surface area contributed by atoms with Gasteiger partial charge in [-0.25, -0.2) is 9.59 Å². The molecular weight excluding hydrogens is 791 g/mol. The van der Waals surface area contributed by atoms with Crippen LogP contribution in [0.15, 0.2) is 30.6 Å². The van der Waals surface area contributed by atoms with Crippen LogP contribution in [0, 0.1) is 17.3 Å². The van der Waals surface area contributed by atoms with Gasteiger partial charge in [0.05, 0.1) is 25.6 Å². The maximum Gasteiger partial charge on any atom is 0.337 e. The second-order valence-electron chi connectivity index (χ2n) is 17.4. The summed E-state index contributed by atoms with van der Waals surface area (Å²) in [6, 6.07) is -4.55. The zero-order valence-electron chi connectivity index (χ0n) is 35.5. The Balaban J connectivity index is 1.54. The molecule has 1 aromatic heterocycles. The Labute approximate surface area is 355 Å². The molecule has 18 nitrogen and oxygen atoms in total. The van der Waals surface area contributed by atoms with Crippen molar-refractivity contribution in [1.82, 2.24) is 31.2 Å². The molecule has 0 aromatic carbocycles. The van der Waals surface area contributed by atoms with Crippen LogP contribution in [0.4, 0.5) is 0 Å². The van der Waals surface area contributed by atoms with E-state index in [4.69, 9.17) is 5.73 Å². The van der Waals surface area contributed by atoms with Crippen molar-refractivity contribution < 1.29 is 53.0 Å². The number of Topliss-reactive ketones (excluding diaryl/α,β-unsaturated/α-hetero) is 1. The Hall–Kier alpha value is -5.68. The Morgan fingerprint density at radius 3 is 2.08 bits per heavy atom. The molecule has 0 radical (unpaired) electrons. The minimum absolute atomic E-state index is 0.0290. The van der Waals surface area contributed by atoms with Crippen LogP contribution in [0.3, 0.4) is 0 Å². The van der Waals surface area contributed by atoms with E-state index in [1.54, 1.807) is 20.8 Å². The van der Waals surface area contributed by atoms with Crippen LogP contribution in [-0.2, 0) is 49.5 Å². The molecule has 334 valence electrons. The van der Waals surface area contributed by atoms with E-state index in [9.17, 15) is 48.3 Å². The number of amides is 6. The molecule has 2 aliphatic carbocycles. The van der Waals surface area contributed by atoms with Crippen molar-refractivity contribution in [1.29, 1.82) is 0 Å². The second-order valence-corrected chi connectivity index (χ2v) is 17.4. The number of ether oxygens (including phenoxy) is 1. The molecule has 7 N–H and O–H groups in total. The first-order chi connectivity index (χ1) is 28.9. The molecule has 61 heavy (non-hydrogen) atoms. The summed E-state index contributed by atoms with van der Waals surface area (Å²) in [5.41, 5.74) is 4.93. The molecule has 3 aliphatic rings. The smallest absolute Gasteiger partial charge is 0.337 e. The highest BCUT2D eigenvalue weighted by atomic mass is 16.5. The Morgan fingerprint density at radius 1 is 0.885 bits per heavy atom. The van der Waals surface area contributed by atoms with Crippen LogP contribution in [-0.4, -0.2) is 112 Å². The average molecular weight is 852 g/mol. The molecule has 1 aromatic rings. The molecule has 1 saturated heterocycles. The normalized spacial score (nSPS) is 19.6. The quantitative estimate of drug-likeness (QED) is 0.0909. The van der Waals surface area contributed by atoms with E-state index in [-0.39, 0.29) is 48.6 Å². The van der Waals surface area contributed by atoms with E-state index in [0.29, 0.717) is 12.8 Å². The number of nitrogens with one attached hydrogen (secondary N) is 4.